The average Bonchev–Trinajstić information content (AvgIpc) is 2.98. The van der Waals surface area contributed by atoms with Crippen molar-refractivity contribution in [2.24, 2.45) is 5.73 Å². The van der Waals surface area contributed by atoms with E-state index in [0.717, 1.165) is 12.1 Å². The van der Waals surface area contributed by atoms with Crippen LogP contribution in [0.2, 0.25) is 0 Å². The molecule has 0 fully saturated rings. The maximum absolute atomic E-state index is 5.68. The Morgan fingerprint density at radius 1 is 1.53 bits per heavy atom. The van der Waals surface area contributed by atoms with Crippen molar-refractivity contribution in [3.63, 3.8) is 0 Å². The van der Waals surface area contributed by atoms with Crippen molar-refractivity contribution < 1.29 is 0 Å². The first kappa shape index (κ1) is 10.6. The third-order valence-electron chi connectivity index (χ3n) is 3.09. The summed E-state index contributed by atoms with van der Waals surface area (Å²) in [5, 5.41) is 9.12. The molecule has 0 amide bonds. The number of hydrogen-bond acceptors (Lipinski definition) is 3. The van der Waals surface area contributed by atoms with E-state index in [2.05, 4.69) is 39.2 Å². The predicted molar refractivity (Wildman–Crippen MR) is 69.3 cm³/mol. The molecule has 0 aromatic carbocycles. The van der Waals surface area contributed by atoms with Gasteiger partial charge in [0.2, 0.25) is 0 Å². The molecule has 0 aliphatic heterocycles. The lowest BCUT2D eigenvalue weighted by Gasteiger charge is -2.02. The summed E-state index contributed by atoms with van der Waals surface area (Å²) >= 11 is 1.76. The molecule has 3 N–H and O–H groups in total. The van der Waals surface area contributed by atoms with Crippen LogP contribution >= 0.6 is 11.3 Å². The van der Waals surface area contributed by atoms with Gasteiger partial charge in [0.05, 0.1) is 16.7 Å². The first-order chi connectivity index (χ1) is 8.29. The van der Waals surface area contributed by atoms with Crippen molar-refractivity contribution in [3.05, 3.63) is 46.4 Å². The predicted octanol–water partition coefficient (Wildman–Crippen LogP) is 2.08. The molecule has 3 heterocycles. The number of nitrogens with two attached hydrogens (primary N) is 1. The lowest BCUT2D eigenvalue weighted by molar-refractivity contribution is 0.923. The van der Waals surface area contributed by atoms with Crippen molar-refractivity contribution >= 4 is 16.2 Å². The van der Waals surface area contributed by atoms with Gasteiger partial charge in [-0.15, -0.1) is 11.3 Å². The van der Waals surface area contributed by atoms with Crippen LogP contribution in [0.3, 0.4) is 0 Å². The van der Waals surface area contributed by atoms with Gasteiger partial charge in [-0.1, -0.05) is 0 Å². The Balaban J connectivity index is 2.04. The molecule has 0 spiro atoms. The minimum atomic E-state index is 0.506. The van der Waals surface area contributed by atoms with Gasteiger partial charge in [-0.25, -0.2) is 0 Å². The quantitative estimate of drug-likeness (QED) is 0.743. The third-order valence-corrected chi connectivity index (χ3v) is 3.91. The van der Waals surface area contributed by atoms with Crippen LogP contribution in [0.5, 0.6) is 0 Å². The molecule has 4 nitrogen and oxygen atoms in total. The molecule has 0 unspecified atom stereocenters. The van der Waals surface area contributed by atoms with Gasteiger partial charge in [-0.05, 0) is 18.6 Å². The van der Waals surface area contributed by atoms with E-state index in [0.29, 0.717) is 6.54 Å². The Kier molecular flexibility index (Phi) is 2.49. The number of aromatic nitrogens is 3. The lowest BCUT2D eigenvalue weighted by Crippen LogP contribution is -2.02. The van der Waals surface area contributed by atoms with E-state index in [1.165, 1.54) is 21.7 Å². The zero-order valence-electron chi connectivity index (χ0n) is 9.60. The molecule has 88 valence electrons. The van der Waals surface area contributed by atoms with Gasteiger partial charge in [-0.3, -0.25) is 5.10 Å². The monoisotopic (exact) mass is 246 g/mol. The van der Waals surface area contributed by atoms with Crippen molar-refractivity contribution in [2.45, 2.75) is 19.9 Å². The Morgan fingerprint density at radius 2 is 2.41 bits per heavy atom. The van der Waals surface area contributed by atoms with Gasteiger partial charge in [0.15, 0.2) is 0 Å². The summed E-state index contributed by atoms with van der Waals surface area (Å²) in [5.74, 6) is 0. The Bertz CT molecular complexity index is 646. The van der Waals surface area contributed by atoms with Gasteiger partial charge >= 0.3 is 0 Å². The second kappa shape index (κ2) is 4.01. The summed E-state index contributed by atoms with van der Waals surface area (Å²) in [7, 11) is 0. The van der Waals surface area contributed by atoms with Crippen LogP contribution in [0.1, 0.15) is 22.5 Å². The Hall–Kier alpha value is -1.59. The third kappa shape index (κ3) is 1.67. The van der Waals surface area contributed by atoms with Crippen molar-refractivity contribution in [1.29, 1.82) is 0 Å². The van der Waals surface area contributed by atoms with E-state index in [1.54, 1.807) is 11.3 Å². The highest BCUT2D eigenvalue weighted by atomic mass is 32.1. The number of hydrogen-bond donors (Lipinski definition) is 2. The molecule has 0 aliphatic rings. The molecular formula is C12H14N4S. The fourth-order valence-electron chi connectivity index (χ4n) is 2.15. The minimum Gasteiger partial charge on any atom is -0.325 e. The van der Waals surface area contributed by atoms with E-state index >= 15 is 0 Å². The largest absolute Gasteiger partial charge is 0.325 e. The fraction of sp³-hybridized carbons (Fsp3) is 0.250. The molecule has 0 radical (unpaired) electrons. The van der Waals surface area contributed by atoms with Gasteiger partial charge in [0.1, 0.15) is 0 Å². The van der Waals surface area contributed by atoms with Crippen LogP contribution in [0, 0.1) is 6.92 Å². The minimum absolute atomic E-state index is 0.506. The number of nitrogens with one attached hydrogen (secondary N) is 1. The molecule has 17 heavy (non-hydrogen) atoms. The molecule has 3 aromatic heterocycles. The topological polar surface area (TPSA) is 59.1 Å². The summed E-state index contributed by atoms with van der Waals surface area (Å²) in [6, 6.07) is 2.22. The highest BCUT2D eigenvalue weighted by Crippen LogP contribution is 2.23. The van der Waals surface area contributed by atoms with Crippen LogP contribution in [-0.2, 0) is 13.0 Å². The molecule has 0 saturated carbocycles. The molecule has 3 aromatic rings. The van der Waals surface area contributed by atoms with Crippen LogP contribution in [-0.4, -0.2) is 14.6 Å². The highest BCUT2D eigenvalue weighted by molar-refractivity contribution is 7.15. The SMILES string of the molecule is Cc1cc2sccn2c1Cc1cn[nH]c1CN. The zero-order chi connectivity index (χ0) is 11.8. The summed E-state index contributed by atoms with van der Waals surface area (Å²) in [6.45, 7) is 2.66. The van der Waals surface area contributed by atoms with Crippen LogP contribution in [0.25, 0.3) is 4.83 Å². The second-order valence-electron chi connectivity index (χ2n) is 4.14. The zero-order valence-corrected chi connectivity index (χ0v) is 10.4. The number of nitrogens with zero attached hydrogens (tertiary/aromatic N) is 2. The van der Waals surface area contributed by atoms with Crippen molar-refractivity contribution in [3.8, 4) is 0 Å². The van der Waals surface area contributed by atoms with Crippen LogP contribution < -0.4 is 5.73 Å². The van der Waals surface area contributed by atoms with Gasteiger partial charge in [0.25, 0.3) is 0 Å². The van der Waals surface area contributed by atoms with Gasteiger partial charge < -0.3 is 10.1 Å². The number of fused-ring (bicyclic) bond motifs is 1. The molecule has 0 aliphatic carbocycles. The normalized spacial score (nSPS) is 11.4. The number of rotatable bonds is 3. The molecule has 0 atom stereocenters. The fourth-order valence-corrected chi connectivity index (χ4v) is 3.00. The highest BCUT2D eigenvalue weighted by Gasteiger charge is 2.11. The molecule has 3 rings (SSSR count). The van der Waals surface area contributed by atoms with Crippen molar-refractivity contribution in [1.82, 2.24) is 14.6 Å². The smallest absolute Gasteiger partial charge is 0.0995 e. The summed E-state index contributed by atoms with van der Waals surface area (Å²) < 4.78 is 2.24. The van der Waals surface area contributed by atoms with Crippen molar-refractivity contribution in [2.75, 3.05) is 0 Å². The van der Waals surface area contributed by atoms with Crippen LogP contribution in [0.15, 0.2) is 23.8 Å². The molecule has 0 bridgehead atoms. The number of H-pyrrole nitrogens is 1. The molecule has 0 saturated heterocycles. The van der Waals surface area contributed by atoms with E-state index in [1.807, 2.05) is 6.20 Å². The standard InChI is InChI=1S/C12H14N4S/c1-8-4-12-16(2-3-17-12)11(8)5-9-7-14-15-10(9)6-13/h2-4,7H,5-6,13H2,1H3,(H,14,15). The Labute approximate surface area is 103 Å². The number of thiazole rings is 1. The molecule has 5 heteroatoms. The second-order valence-corrected chi connectivity index (χ2v) is 5.07. The first-order valence-electron chi connectivity index (χ1n) is 5.55. The Morgan fingerprint density at radius 3 is 3.24 bits per heavy atom. The molecular weight excluding hydrogens is 232 g/mol. The summed E-state index contributed by atoms with van der Waals surface area (Å²) in [6.07, 6.45) is 4.86. The first-order valence-corrected chi connectivity index (χ1v) is 6.42. The van der Waals surface area contributed by atoms with E-state index in [4.69, 9.17) is 5.73 Å². The number of aromatic amines is 1. The van der Waals surface area contributed by atoms with Gasteiger partial charge in [-0.2, -0.15) is 5.10 Å². The van der Waals surface area contributed by atoms with Gasteiger partial charge in [0, 0.05) is 35.8 Å². The van der Waals surface area contributed by atoms with E-state index in [9.17, 15) is 0 Å². The lowest BCUT2D eigenvalue weighted by atomic mass is 10.1. The van der Waals surface area contributed by atoms with Crippen LogP contribution in [0.4, 0.5) is 0 Å². The average molecular weight is 246 g/mol. The summed E-state index contributed by atoms with van der Waals surface area (Å²) in [4.78, 5) is 1.29. The number of aryl methyl sites for hydroxylation is 1. The maximum Gasteiger partial charge on any atom is 0.0995 e. The van der Waals surface area contributed by atoms with E-state index in [-0.39, 0.29) is 0 Å². The maximum atomic E-state index is 5.68. The summed E-state index contributed by atoms with van der Waals surface area (Å²) in [5.41, 5.74) is 10.5. The van der Waals surface area contributed by atoms with E-state index < -0.39 is 0 Å².